The highest BCUT2D eigenvalue weighted by molar-refractivity contribution is 6.15. The lowest BCUT2D eigenvalue weighted by Gasteiger charge is -2.10. The second-order valence-electron chi connectivity index (χ2n) is 6.66. The number of hydrogen-bond acceptors (Lipinski definition) is 4. The summed E-state index contributed by atoms with van der Waals surface area (Å²) in [4.78, 5) is 37.3. The number of phenolic OH excluding ortho intramolecular Hbond substituents is 1. The molecule has 0 atom stereocenters. The van der Waals surface area contributed by atoms with Gasteiger partial charge in [-0.1, -0.05) is 54.6 Å². The van der Waals surface area contributed by atoms with Crippen molar-refractivity contribution in [2.24, 2.45) is 0 Å². The summed E-state index contributed by atoms with van der Waals surface area (Å²) < 4.78 is 0. The molecule has 3 aromatic rings. The third-order valence-electron chi connectivity index (χ3n) is 4.49. The molecular weight excluding hydrogens is 380 g/mol. The topological polar surface area (TPSA) is 95.5 Å². The van der Waals surface area contributed by atoms with Gasteiger partial charge in [0.25, 0.3) is 11.8 Å². The first-order chi connectivity index (χ1) is 14.6. The standard InChI is InChI=1S/C24H22N2O4/c27-19-11-6-10-18(16-19)23(29)25-14-7-15-26-24(30)21-13-5-4-12-20(21)22(28)17-8-2-1-3-9-17/h1-6,8-13,16,27H,7,14-15H2,(H,25,29)(H,26,30). The van der Waals surface area contributed by atoms with Gasteiger partial charge in [0.1, 0.15) is 5.75 Å². The highest BCUT2D eigenvalue weighted by atomic mass is 16.3. The summed E-state index contributed by atoms with van der Waals surface area (Å²) in [5.74, 6) is -0.816. The quantitative estimate of drug-likeness (QED) is 0.398. The van der Waals surface area contributed by atoms with Crippen LogP contribution in [-0.4, -0.2) is 35.8 Å². The molecule has 6 heteroatoms. The minimum atomic E-state index is -0.339. The zero-order valence-corrected chi connectivity index (χ0v) is 16.3. The molecular formula is C24H22N2O4. The Bertz CT molecular complexity index is 1050. The minimum absolute atomic E-state index is 0.0265. The van der Waals surface area contributed by atoms with Gasteiger partial charge in [-0.15, -0.1) is 0 Å². The van der Waals surface area contributed by atoms with Crippen molar-refractivity contribution in [2.75, 3.05) is 13.1 Å². The van der Waals surface area contributed by atoms with E-state index in [9.17, 15) is 19.5 Å². The molecule has 30 heavy (non-hydrogen) atoms. The third kappa shape index (κ3) is 5.32. The molecule has 0 bridgehead atoms. The van der Waals surface area contributed by atoms with Crippen molar-refractivity contribution in [3.8, 4) is 5.75 Å². The van der Waals surface area contributed by atoms with E-state index in [4.69, 9.17) is 0 Å². The van der Waals surface area contributed by atoms with Crippen molar-refractivity contribution >= 4 is 17.6 Å². The molecule has 0 fully saturated rings. The lowest BCUT2D eigenvalue weighted by Crippen LogP contribution is -2.30. The van der Waals surface area contributed by atoms with Crippen LogP contribution in [0.15, 0.2) is 78.9 Å². The maximum absolute atomic E-state index is 12.7. The Hall–Kier alpha value is -3.93. The summed E-state index contributed by atoms with van der Waals surface area (Å²) in [5, 5.41) is 14.9. The van der Waals surface area contributed by atoms with E-state index in [1.165, 1.54) is 12.1 Å². The average molecular weight is 402 g/mol. The number of aromatic hydroxyl groups is 1. The molecule has 0 aromatic heterocycles. The van der Waals surface area contributed by atoms with E-state index in [1.54, 1.807) is 60.7 Å². The number of rotatable bonds is 8. The maximum Gasteiger partial charge on any atom is 0.252 e. The monoisotopic (exact) mass is 402 g/mol. The van der Waals surface area contributed by atoms with Crippen LogP contribution < -0.4 is 10.6 Å². The van der Waals surface area contributed by atoms with Crippen LogP contribution in [0.25, 0.3) is 0 Å². The number of benzene rings is 3. The Labute approximate surface area is 174 Å². The van der Waals surface area contributed by atoms with Crippen molar-refractivity contribution in [3.63, 3.8) is 0 Å². The van der Waals surface area contributed by atoms with Gasteiger partial charge in [0.05, 0.1) is 5.56 Å². The van der Waals surface area contributed by atoms with Gasteiger partial charge in [0, 0.05) is 29.8 Å². The molecule has 3 rings (SSSR count). The van der Waals surface area contributed by atoms with E-state index in [-0.39, 0.29) is 23.3 Å². The van der Waals surface area contributed by atoms with Crippen molar-refractivity contribution in [1.82, 2.24) is 10.6 Å². The van der Waals surface area contributed by atoms with Crippen LogP contribution >= 0.6 is 0 Å². The first kappa shape index (κ1) is 20.8. The third-order valence-corrected chi connectivity index (χ3v) is 4.49. The zero-order valence-electron chi connectivity index (χ0n) is 16.3. The Morgan fingerprint density at radius 1 is 0.667 bits per heavy atom. The maximum atomic E-state index is 12.7. The molecule has 2 amide bonds. The number of amides is 2. The van der Waals surface area contributed by atoms with Crippen LogP contribution in [0.3, 0.4) is 0 Å². The van der Waals surface area contributed by atoms with Gasteiger partial charge in [-0.25, -0.2) is 0 Å². The second-order valence-corrected chi connectivity index (χ2v) is 6.66. The van der Waals surface area contributed by atoms with Gasteiger partial charge < -0.3 is 15.7 Å². The Morgan fingerprint density at radius 3 is 1.97 bits per heavy atom. The Morgan fingerprint density at radius 2 is 1.27 bits per heavy atom. The summed E-state index contributed by atoms with van der Waals surface area (Å²) in [6.07, 6.45) is 0.519. The van der Waals surface area contributed by atoms with E-state index in [2.05, 4.69) is 10.6 Å². The fourth-order valence-electron chi connectivity index (χ4n) is 2.96. The predicted molar refractivity (Wildman–Crippen MR) is 114 cm³/mol. The molecule has 0 radical (unpaired) electrons. The number of phenols is 1. The van der Waals surface area contributed by atoms with Crippen LogP contribution in [0.2, 0.25) is 0 Å². The smallest absolute Gasteiger partial charge is 0.252 e. The molecule has 0 saturated carbocycles. The van der Waals surface area contributed by atoms with Crippen molar-refractivity contribution < 1.29 is 19.5 Å². The SMILES string of the molecule is O=C(NCCCNC(=O)c1ccccc1C(=O)c1ccccc1)c1cccc(O)c1. The van der Waals surface area contributed by atoms with Gasteiger partial charge in [-0.3, -0.25) is 14.4 Å². The largest absolute Gasteiger partial charge is 0.508 e. The first-order valence-electron chi connectivity index (χ1n) is 9.60. The number of carbonyl (C=O) groups excluding carboxylic acids is 3. The van der Waals surface area contributed by atoms with E-state index in [0.717, 1.165) is 0 Å². The second kappa shape index (κ2) is 10.0. The fourth-order valence-corrected chi connectivity index (χ4v) is 2.96. The van der Waals surface area contributed by atoms with Crippen molar-refractivity contribution in [2.45, 2.75) is 6.42 Å². The van der Waals surface area contributed by atoms with Crippen LogP contribution in [-0.2, 0) is 0 Å². The Kier molecular flexibility index (Phi) is 6.95. The fraction of sp³-hybridized carbons (Fsp3) is 0.125. The van der Waals surface area contributed by atoms with Gasteiger partial charge in [-0.05, 0) is 30.7 Å². The van der Waals surface area contributed by atoms with E-state index < -0.39 is 0 Å². The van der Waals surface area contributed by atoms with E-state index in [1.807, 2.05) is 6.07 Å². The molecule has 0 aliphatic carbocycles. The Balaban J connectivity index is 1.52. The predicted octanol–water partition coefficient (Wildman–Crippen LogP) is 3.17. The summed E-state index contributed by atoms with van der Waals surface area (Å²) in [7, 11) is 0. The molecule has 3 aromatic carbocycles. The summed E-state index contributed by atoms with van der Waals surface area (Å²) >= 11 is 0. The van der Waals surface area contributed by atoms with Crippen LogP contribution in [0, 0.1) is 0 Å². The molecule has 0 heterocycles. The molecule has 152 valence electrons. The lowest BCUT2D eigenvalue weighted by molar-refractivity contribution is 0.0940. The average Bonchev–Trinajstić information content (AvgIpc) is 2.78. The molecule has 0 unspecified atom stereocenters. The number of ketones is 1. The molecule has 0 aliphatic rings. The molecule has 3 N–H and O–H groups in total. The summed E-state index contributed by atoms with van der Waals surface area (Å²) in [6.45, 7) is 0.701. The number of nitrogens with one attached hydrogen (secondary N) is 2. The van der Waals surface area contributed by atoms with Crippen LogP contribution in [0.4, 0.5) is 0 Å². The van der Waals surface area contributed by atoms with Gasteiger partial charge in [-0.2, -0.15) is 0 Å². The molecule has 0 saturated heterocycles. The molecule has 6 nitrogen and oxygen atoms in total. The molecule has 0 spiro atoms. The first-order valence-corrected chi connectivity index (χ1v) is 9.60. The van der Waals surface area contributed by atoms with Gasteiger partial charge in [0.15, 0.2) is 5.78 Å². The minimum Gasteiger partial charge on any atom is -0.508 e. The van der Waals surface area contributed by atoms with E-state index in [0.29, 0.717) is 41.8 Å². The van der Waals surface area contributed by atoms with Crippen LogP contribution in [0.5, 0.6) is 5.75 Å². The summed E-state index contributed by atoms with van der Waals surface area (Å²) in [5.41, 5.74) is 1.55. The van der Waals surface area contributed by atoms with Crippen molar-refractivity contribution in [3.05, 3.63) is 101 Å². The number of hydrogen-bond donors (Lipinski definition) is 3. The van der Waals surface area contributed by atoms with E-state index >= 15 is 0 Å². The normalized spacial score (nSPS) is 10.3. The highest BCUT2D eigenvalue weighted by Crippen LogP contribution is 2.15. The van der Waals surface area contributed by atoms with Gasteiger partial charge in [0.2, 0.25) is 0 Å². The number of carbonyl (C=O) groups is 3. The highest BCUT2D eigenvalue weighted by Gasteiger charge is 2.17. The van der Waals surface area contributed by atoms with Crippen molar-refractivity contribution in [1.29, 1.82) is 0 Å². The zero-order chi connectivity index (χ0) is 21.3. The lowest BCUT2D eigenvalue weighted by atomic mass is 9.98. The molecule has 0 aliphatic heterocycles. The summed E-state index contributed by atoms with van der Waals surface area (Å²) in [6, 6.07) is 21.6. The van der Waals surface area contributed by atoms with Gasteiger partial charge >= 0.3 is 0 Å². The van der Waals surface area contributed by atoms with Crippen LogP contribution in [0.1, 0.15) is 43.1 Å².